The van der Waals surface area contributed by atoms with Crippen LogP contribution in [0.2, 0.25) is 0 Å². The van der Waals surface area contributed by atoms with Crippen LogP contribution in [-0.4, -0.2) is 21.3 Å². The van der Waals surface area contributed by atoms with Crippen molar-refractivity contribution in [3.05, 3.63) is 59.8 Å². The molecule has 0 amide bonds. The van der Waals surface area contributed by atoms with E-state index in [9.17, 15) is 23.8 Å². The van der Waals surface area contributed by atoms with Crippen molar-refractivity contribution in [3.63, 3.8) is 0 Å². The first-order chi connectivity index (χ1) is 11.5. The third-order valence-corrected chi connectivity index (χ3v) is 3.12. The van der Waals surface area contributed by atoms with Gasteiger partial charge in [-0.05, 0) is 24.3 Å². The number of phenols is 2. The lowest BCUT2D eigenvalue weighted by molar-refractivity contribution is 0.0728. The zero-order valence-electron chi connectivity index (χ0n) is 11.9. The van der Waals surface area contributed by atoms with Gasteiger partial charge < -0.3 is 19.5 Å². The summed E-state index contributed by atoms with van der Waals surface area (Å²) in [4.78, 5) is 12.1. The number of aromatic nitrogens is 1. The van der Waals surface area contributed by atoms with Crippen LogP contribution >= 0.6 is 0 Å². The monoisotopic (exact) mass is 333 g/mol. The molecule has 0 atom stereocenters. The summed E-state index contributed by atoms with van der Waals surface area (Å²) in [6, 6.07) is 6.03. The van der Waals surface area contributed by atoms with Crippen molar-refractivity contribution in [1.29, 1.82) is 0 Å². The second-order valence-electron chi connectivity index (χ2n) is 4.73. The first kappa shape index (κ1) is 15.5. The van der Waals surface area contributed by atoms with Gasteiger partial charge in [0.25, 0.3) is 0 Å². The van der Waals surface area contributed by atoms with Gasteiger partial charge in [0, 0.05) is 12.1 Å². The minimum Gasteiger partial charge on any atom is -0.504 e. The maximum atomic E-state index is 14.1. The molecule has 0 fully saturated rings. The van der Waals surface area contributed by atoms with Gasteiger partial charge in [-0.25, -0.2) is 13.6 Å². The third-order valence-electron chi connectivity index (χ3n) is 3.12. The maximum absolute atomic E-state index is 14.1. The molecule has 0 saturated carbocycles. The van der Waals surface area contributed by atoms with Crippen molar-refractivity contribution in [2.24, 2.45) is 0 Å². The van der Waals surface area contributed by atoms with Crippen LogP contribution in [-0.2, 0) is 0 Å². The Balaban J connectivity index is 2.00. The summed E-state index contributed by atoms with van der Waals surface area (Å²) in [7, 11) is 0. The van der Waals surface area contributed by atoms with Crippen molar-refractivity contribution >= 4 is 5.97 Å². The average Bonchev–Trinajstić information content (AvgIpc) is 3.06. The van der Waals surface area contributed by atoms with Crippen LogP contribution in [0.25, 0.3) is 11.3 Å². The predicted molar refractivity (Wildman–Crippen MR) is 76.6 cm³/mol. The van der Waals surface area contributed by atoms with Gasteiger partial charge in [-0.1, -0.05) is 5.16 Å². The number of halogens is 2. The quantitative estimate of drug-likeness (QED) is 0.434. The van der Waals surface area contributed by atoms with Crippen LogP contribution in [0.1, 0.15) is 10.4 Å². The molecule has 1 heterocycles. The lowest BCUT2D eigenvalue weighted by Crippen LogP contribution is -2.10. The fourth-order valence-corrected chi connectivity index (χ4v) is 2.00. The second-order valence-corrected chi connectivity index (χ2v) is 4.73. The van der Waals surface area contributed by atoms with E-state index in [1.165, 1.54) is 18.3 Å². The van der Waals surface area contributed by atoms with Crippen molar-refractivity contribution in [1.82, 2.24) is 5.16 Å². The Bertz CT molecular complexity index is 909. The first-order valence-corrected chi connectivity index (χ1v) is 6.60. The predicted octanol–water partition coefficient (Wildman–Crippen LogP) is 3.25. The number of ether oxygens (including phenoxy) is 1. The number of hydrogen-bond donors (Lipinski definition) is 2. The Kier molecular flexibility index (Phi) is 3.87. The Labute approximate surface area is 133 Å². The number of benzene rings is 2. The molecule has 3 aromatic rings. The lowest BCUT2D eigenvalue weighted by atomic mass is 10.1. The number of nitrogens with zero attached hydrogens (tertiary/aromatic N) is 1. The summed E-state index contributed by atoms with van der Waals surface area (Å²) in [6.07, 6.45) is 1.27. The molecule has 0 spiro atoms. The fraction of sp³-hybridized carbons (Fsp3) is 0. The fourth-order valence-electron chi connectivity index (χ4n) is 2.00. The summed E-state index contributed by atoms with van der Waals surface area (Å²) >= 11 is 0. The van der Waals surface area contributed by atoms with Crippen LogP contribution in [0.15, 0.2) is 47.1 Å². The Morgan fingerprint density at radius 2 is 1.88 bits per heavy atom. The number of phenolic OH excluding ortho intramolecular Hbond substituents is 2. The standard InChI is InChI=1S/C16H9F2NO5/c17-9-6-10(14-3-4-19-24-14)15(11(18)7-9)23-16(22)8-1-2-12(20)13(21)5-8/h1-7,20-21H. The summed E-state index contributed by atoms with van der Waals surface area (Å²) in [5.74, 6) is -4.54. The molecule has 0 aliphatic heterocycles. The summed E-state index contributed by atoms with van der Waals surface area (Å²) in [5.41, 5.74) is -0.279. The number of carbonyl (C=O) groups is 1. The van der Waals surface area contributed by atoms with Gasteiger partial charge in [0.1, 0.15) is 5.82 Å². The van der Waals surface area contributed by atoms with Gasteiger partial charge in [0.05, 0.1) is 17.3 Å². The zero-order valence-corrected chi connectivity index (χ0v) is 11.9. The van der Waals surface area contributed by atoms with Gasteiger partial charge >= 0.3 is 5.97 Å². The SMILES string of the molecule is O=C(Oc1c(F)cc(F)cc1-c1ccno1)c1ccc(O)c(O)c1. The van der Waals surface area contributed by atoms with Crippen LogP contribution < -0.4 is 4.74 Å². The number of aromatic hydroxyl groups is 2. The van der Waals surface area contributed by atoms with E-state index in [1.807, 2.05) is 0 Å². The Morgan fingerprint density at radius 1 is 1.08 bits per heavy atom. The van der Waals surface area contributed by atoms with E-state index >= 15 is 0 Å². The molecule has 2 aromatic carbocycles. The summed E-state index contributed by atoms with van der Waals surface area (Å²) < 4.78 is 37.3. The minimum atomic E-state index is -1.11. The van der Waals surface area contributed by atoms with E-state index in [0.29, 0.717) is 6.07 Å². The molecule has 0 saturated heterocycles. The molecule has 3 rings (SSSR count). The van der Waals surface area contributed by atoms with Gasteiger partial charge in [-0.2, -0.15) is 0 Å². The molecule has 8 heteroatoms. The van der Waals surface area contributed by atoms with Crippen molar-refractivity contribution in [3.8, 4) is 28.6 Å². The number of carbonyl (C=O) groups excluding carboxylic acids is 1. The largest absolute Gasteiger partial charge is 0.504 e. The molecule has 1 aromatic heterocycles. The highest BCUT2D eigenvalue weighted by Crippen LogP contribution is 2.34. The van der Waals surface area contributed by atoms with Crippen LogP contribution in [0, 0.1) is 11.6 Å². The van der Waals surface area contributed by atoms with Crippen LogP contribution in [0.3, 0.4) is 0 Å². The highest BCUT2D eigenvalue weighted by Gasteiger charge is 2.21. The van der Waals surface area contributed by atoms with Gasteiger partial charge in [-0.3, -0.25) is 0 Å². The average molecular weight is 333 g/mol. The molecular weight excluding hydrogens is 324 g/mol. The van der Waals surface area contributed by atoms with E-state index < -0.39 is 34.9 Å². The summed E-state index contributed by atoms with van der Waals surface area (Å²) in [5, 5.41) is 22.1. The van der Waals surface area contributed by atoms with Gasteiger partial charge in [0.2, 0.25) is 0 Å². The van der Waals surface area contributed by atoms with E-state index in [0.717, 1.165) is 18.2 Å². The minimum absolute atomic E-state index is 0.00440. The van der Waals surface area contributed by atoms with E-state index in [-0.39, 0.29) is 16.9 Å². The highest BCUT2D eigenvalue weighted by molar-refractivity contribution is 5.92. The highest BCUT2D eigenvalue weighted by atomic mass is 19.1. The molecule has 0 aliphatic rings. The molecule has 122 valence electrons. The van der Waals surface area contributed by atoms with Gasteiger partial charge in [0.15, 0.2) is 28.8 Å². The zero-order chi connectivity index (χ0) is 17.3. The summed E-state index contributed by atoms with van der Waals surface area (Å²) in [6.45, 7) is 0. The van der Waals surface area contributed by atoms with Crippen LogP contribution in [0.5, 0.6) is 17.2 Å². The van der Waals surface area contributed by atoms with E-state index in [1.54, 1.807) is 0 Å². The molecule has 24 heavy (non-hydrogen) atoms. The first-order valence-electron chi connectivity index (χ1n) is 6.60. The molecule has 0 bridgehead atoms. The van der Waals surface area contributed by atoms with Crippen molar-refractivity contribution in [2.75, 3.05) is 0 Å². The smallest absolute Gasteiger partial charge is 0.343 e. The Morgan fingerprint density at radius 3 is 2.54 bits per heavy atom. The number of rotatable bonds is 3. The lowest BCUT2D eigenvalue weighted by Gasteiger charge is -2.10. The number of hydrogen-bond acceptors (Lipinski definition) is 6. The van der Waals surface area contributed by atoms with E-state index in [4.69, 9.17) is 9.26 Å². The maximum Gasteiger partial charge on any atom is 0.343 e. The molecular formula is C16H9F2NO5. The van der Waals surface area contributed by atoms with Crippen molar-refractivity contribution < 1.29 is 33.0 Å². The Hall–Kier alpha value is -3.42. The topological polar surface area (TPSA) is 92.8 Å². The van der Waals surface area contributed by atoms with Gasteiger partial charge in [-0.15, -0.1) is 0 Å². The molecule has 0 aliphatic carbocycles. The third kappa shape index (κ3) is 2.89. The molecule has 6 nitrogen and oxygen atoms in total. The van der Waals surface area contributed by atoms with E-state index in [2.05, 4.69) is 5.16 Å². The van der Waals surface area contributed by atoms with Crippen LogP contribution in [0.4, 0.5) is 8.78 Å². The second kappa shape index (κ2) is 5.99. The molecule has 0 radical (unpaired) electrons. The normalized spacial score (nSPS) is 10.6. The molecule has 2 N–H and O–H groups in total. The van der Waals surface area contributed by atoms with Crippen molar-refractivity contribution in [2.45, 2.75) is 0 Å². The molecule has 0 unspecified atom stereocenters. The number of esters is 1.